The summed E-state index contributed by atoms with van der Waals surface area (Å²) in [5, 5.41) is 8.98. The molecule has 0 bridgehead atoms. The zero-order valence-corrected chi connectivity index (χ0v) is 13.0. The van der Waals surface area contributed by atoms with E-state index in [1.54, 1.807) is 0 Å². The van der Waals surface area contributed by atoms with E-state index in [1.165, 1.54) is 12.8 Å². The number of carboxylic acids is 1. The number of carbonyl (C=O) groups excluding carboxylic acids is 1. The first kappa shape index (κ1) is 15.7. The molecule has 2 saturated heterocycles. The molecule has 6 nitrogen and oxygen atoms in total. The summed E-state index contributed by atoms with van der Waals surface area (Å²) in [6.07, 6.45) is 6.31. The average Bonchev–Trinajstić information content (AvgIpc) is 2.91. The molecule has 1 amide bonds. The Morgan fingerprint density at radius 3 is 2.36 bits per heavy atom. The third kappa shape index (κ3) is 3.27. The molecule has 3 aliphatic rings. The number of aliphatic carboxylic acids is 1. The Kier molecular flexibility index (Phi) is 4.68. The molecular formula is C16H25NO5. The van der Waals surface area contributed by atoms with Crippen LogP contribution in [0, 0.1) is 0 Å². The number of morpholine rings is 1. The van der Waals surface area contributed by atoms with Gasteiger partial charge in [0.2, 0.25) is 0 Å². The molecule has 0 aromatic carbocycles. The first-order chi connectivity index (χ1) is 10.6. The van der Waals surface area contributed by atoms with E-state index in [2.05, 4.69) is 0 Å². The number of ether oxygens (including phenoxy) is 2. The number of amides is 1. The van der Waals surface area contributed by atoms with E-state index in [0.717, 1.165) is 25.7 Å². The van der Waals surface area contributed by atoms with Crippen LogP contribution in [0.15, 0.2) is 0 Å². The minimum Gasteiger partial charge on any atom is -0.479 e. The van der Waals surface area contributed by atoms with Crippen LogP contribution in [0.1, 0.15) is 51.4 Å². The molecule has 6 heteroatoms. The fourth-order valence-electron chi connectivity index (χ4n) is 3.91. The zero-order valence-electron chi connectivity index (χ0n) is 13.0. The van der Waals surface area contributed by atoms with Crippen LogP contribution >= 0.6 is 0 Å². The molecular weight excluding hydrogens is 286 g/mol. The Morgan fingerprint density at radius 2 is 1.73 bits per heavy atom. The highest BCUT2D eigenvalue weighted by Gasteiger charge is 2.42. The molecule has 1 spiro atoms. The van der Waals surface area contributed by atoms with Crippen molar-refractivity contribution >= 4 is 11.9 Å². The second-order valence-electron chi connectivity index (χ2n) is 6.73. The first-order valence-corrected chi connectivity index (χ1v) is 8.41. The second kappa shape index (κ2) is 6.54. The van der Waals surface area contributed by atoms with Crippen LogP contribution in [-0.4, -0.2) is 59.4 Å². The Hall–Kier alpha value is -1.14. The zero-order chi connectivity index (χ0) is 15.6. The van der Waals surface area contributed by atoms with Crippen molar-refractivity contribution in [3.63, 3.8) is 0 Å². The van der Waals surface area contributed by atoms with Crippen molar-refractivity contribution < 1.29 is 24.2 Å². The molecule has 0 aromatic heterocycles. The molecule has 0 aromatic rings. The molecule has 22 heavy (non-hydrogen) atoms. The summed E-state index contributed by atoms with van der Waals surface area (Å²) in [5.41, 5.74) is -0.185. The summed E-state index contributed by atoms with van der Waals surface area (Å²) < 4.78 is 11.5. The molecule has 3 fully saturated rings. The maximum absolute atomic E-state index is 12.6. The molecule has 2 aliphatic heterocycles. The van der Waals surface area contributed by atoms with Crippen molar-refractivity contribution in [2.75, 3.05) is 19.7 Å². The van der Waals surface area contributed by atoms with Crippen LogP contribution in [0.25, 0.3) is 0 Å². The van der Waals surface area contributed by atoms with Gasteiger partial charge in [-0.25, -0.2) is 4.79 Å². The number of carboxylic acid groups (broad SMARTS) is 1. The lowest BCUT2D eigenvalue weighted by Crippen LogP contribution is -2.55. The van der Waals surface area contributed by atoms with Gasteiger partial charge in [0.05, 0.1) is 12.2 Å². The third-order valence-electron chi connectivity index (χ3n) is 5.15. The molecule has 2 atom stereocenters. The third-order valence-corrected chi connectivity index (χ3v) is 5.15. The molecule has 1 saturated carbocycles. The monoisotopic (exact) mass is 311 g/mol. The van der Waals surface area contributed by atoms with Gasteiger partial charge in [-0.05, 0) is 25.7 Å². The van der Waals surface area contributed by atoms with Gasteiger partial charge in [-0.2, -0.15) is 0 Å². The van der Waals surface area contributed by atoms with E-state index < -0.39 is 18.2 Å². The van der Waals surface area contributed by atoms with Crippen LogP contribution in [0.3, 0.4) is 0 Å². The van der Waals surface area contributed by atoms with Gasteiger partial charge in [-0.3, -0.25) is 4.79 Å². The van der Waals surface area contributed by atoms with Crippen molar-refractivity contribution in [3.8, 4) is 0 Å². The van der Waals surface area contributed by atoms with Gasteiger partial charge in [0.25, 0.3) is 5.91 Å². The Bertz CT molecular complexity index is 430. The highest BCUT2D eigenvalue weighted by atomic mass is 16.5. The summed E-state index contributed by atoms with van der Waals surface area (Å²) >= 11 is 0. The van der Waals surface area contributed by atoms with Crippen LogP contribution in [-0.2, 0) is 19.1 Å². The number of rotatable bonds is 2. The van der Waals surface area contributed by atoms with Gasteiger partial charge in [0.15, 0.2) is 6.10 Å². The minimum atomic E-state index is -0.975. The Labute approximate surface area is 130 Å². The predicted molar refractivity (Wildman–Crippen MR) is 78.5 cm³/mol. The number of hydrogen-bond donors (Lipinski definition) is 1. The second-order valence-corrected chi connectivity index (χ2v) is 6.73. The number of hydrogen-bond acceptors (Lipinski definition) is 4. The van der Waals surface area contributed by atoms with Crippen LogP contribution in [0.4, 0.5) is 0 Å². The van der Waals surface area contributed by atoms with Gasteiger partial charge < -0.3 is 19.5 Å². The fraction of sp³-hybridized carbons (Fsp3) is 0.875. The van der Waals surface area contributed by atoms with E-state index in [9.17, 15) is 9.59 Å². The first-order valence-electron chi connectivity index (χ1n) is 8.41. The quantitative estimate of drug-likeness (QED) is 0.838. The molecule has 1 N–H and O–H groups in total. The molecule has 0 radical (unpaired) electrons. The van der Waals surface area contributed by atoms with Gasteiger partial charge in [-0.15, -0.1) is 0 Å². The smallest absolute Gasteiger partial charge is 0.332 e. The summed E-state index contributed by atoms with van der Waals surface area (Å²) in [5.74, 6) is -1.03. The van der Waals surface area contributed by atoms with Crippen LogP contribution in [0.2, 0.25) is 0 Å². The molecule has 1 aliphatic carbocycles. The lowest BCUT2D eigenvalue weighted by molar-refractivity contribution is -0.166. The van der Waals surface area contributed by atoms with Gasteiger partial charge in [0.1, 0.15) is 6.10 Å². The van der Waals surface area contributed by atoms with Gasteiger partial charge in [-0.1, -0.05) is 25.7 Å². The average molecular weight is 311 g/mol. The summed E-state index contributed by atoms with van der Waals surface area (Å²) in [6, 6.07) is 0. The molecule has 0 unspecified atom stereocenters. The van der Waals surface area contributed by atoms with Crippen molar-refractivity contribution in [2.45, 2.75) is 69.2 Å². The lowest BCUT2D eigenvalue weighted by Gasteiger charge is -2.43. The van der Waals surface area contributed by atoms with E-state index in [4.69, 9.17) is 14.6 Å². The fourth-order valence-corrected chi connectivity index (χ4v) is 3.91. The van der Waals surface area contributed by atoms with E-state index in [1.807, 2.05) is 4.90 Å². The SMILES string of the molecule is O=C(O)[C@H]1CC[C@@H](C(=O)N2CCOC3(CCCCCC3)C2)O1. The Balaban J connectivity index is 1.62. The van der Waals surface area contributed by atoms with E-state index in [-0.39, 0.29) is 11.5 Å². The maximum atomic E-state index is 12.6. The molecule has 3 rings (SSSR count). The molecule has 124 valence electrons. The summed E-state index contributed by atoms with van der Waals surface area (Å²) in [7, 11) is 0. The van der Waals surface area contributed by atoms with Crippen molar-refractivity contribution in [1.29, 1.82) is 0 Å². The topological polar surface area (TPSA) is 76.1 Å². The Morgan fingerprint density at radius 1 is 1.05 bits per heavy atom. The van der Waals surface area contributed by atoms with E-state index in [0.29, 0.717) is 32.5 Å². The van der Waals surface area contributed by atoms with Crippen LogP contribution in [0.5, 0.6) is 0 Å². The maximum Gasteiger partial charge on any atom is 0.332 e. The van der Waals surface area contributed by atoms with Gasteiger partial charge in [0, 0.05) is 13.1 Å². The van der Waals surface area contributed by atoms with Crippen molar-refractivity contribution in [3.05, 3.63) is 0 Å². The largest absolute Gasteiger partial charge is 0.479 e. The number of carbonyl (C=O) groups is 2. The summed E-state index contributed by atoms with van der Waals surface area (Å²) in [6.45, 7) is 1.78. The van der Waals surface area contributed by atoms with Crippen LogP contribution < -0.4 is 0 Å². The van der Waals surface area contributed by atoms with Crippen molar-refractivity contribution in [2.24, 2.45) is 0 Å². The normalized spacial score (nSPS) is 31.9. The molecule has 2 heterocycles. The summed E-state index contributed by atoms with van der Waals surface area (Å²) in [4.78, 5) is 25.4. The highest BCUT2D eigenvalue weighted by Crippen LogP contribution is 2.34. The standard InChI is InChI=1S/C16H25NO5/c18-14(12-5-6-13(22-12)15(19)20)17-9-10-21-16(11-17)7-3-1-2-4-8-16/h12-13H,1-11H2,(H,19,20)/t12-,13+/m0/s1. The van der Waals surface area contributed by atoms with Crippen molar-refractivity contribution in [1.82, 2.24) is 4.90 Å². The van der Waals surface area contributed by atoms with Gasteiger partial charge >= 0.3 is 5.97 Å². The van der Waals surface area contributed by atoms with E-state index >= 15 is 0 Å². The highest BCUT2D eigenvalue weighted by molar-refractivity contribution is 5.83. The lowest BCUT2D eigenvalue weighted by atomic mass is 9.92. The minimum absolute atomic E-state index is 0.0596. The predicted octanol–water partition coefficient (Wildman–Crippen LogP) is 1.57. The number of nitrogens with zero attached hydrogens (tertiary/aromatic N) is 1.